The number of rotatable bonds is 8. The first kappa shape index (κ1) is 24.3. The Morgan fingerprint density at radius 1 is 0.941 bits per heavy atom. The number of ether oxygens (including phenoxy) is 1. The van der Waals surface area contributed by atoms with Gasteiger partial charge in [-0.25, -0.2) is 8.42 Å². The fourth-order valence-corrected chi connectivity index (χ4v) is 6.52. The maximum absolute atomic E-state index is 13.5. The minimum atomic E-state index is -3.64. The molecule has 178 valence electrons. The van der Waals surface area contributed by atoms with E-state index in [1.807, 2.05) is 60.7 Å². The molecular formula is C26H28N2O4S2. The zero-order valence-electron chi connectivity index (χ0n) is 19.0. The lowest BCUT2D eigenvalue weighted by molar-refractivity contribution is -0.115. The summed E-state index contributed by atoms with van der Waals surface area (Å²) in [6.07, 6.45) is 2.75. The van der Waals surface area contributed by atoms with Crippen LogP contribution in [-0.2, 0) is 14.8 Å². The first-order valence-electron chi connectivity index (χ1n) is 11.2. The molecule has 0 radical (unpaired) electrons. The molecule has 1 aliphatic heterocycles. The Labute approximate surface area is 205 Å². The highest BCUT2D eigenvalue weighted by Crippen LogP contribution is 2.37. The van der Waals surface area contributed by atoms with E-state index in [9.17, 15) is 13.2 Å². The molecule has 3 aromatic carbocycles. The summed E-state index contributed by atoms with van der Waals surface area (Å²) in [5.41, 5.74) is 1.19. The maximum atomic E-state index is 13.5. The van der Waals surface area contributed by atoms with E-state index in [0.717, 1.165) is 29.7 Å². The number of thioether (sulfide) groups is 1. The predicted octanol–water partition coefficient (Wildman–Crippen LogP) is 5.34. The number of hydrogen-bond donors (Lipinski definition) is 1. The summed E-state index contributed by atoms with van der Waals surface area (Å²) in [6, 6.07) is 23.9. The standard InChI is InChI=1S/C26H28N2O4S2/c1-32-24-16-15-22(34(30,31)28-17-9-4-10-18-28)19-23(24)27-26(29)25(20-11-5-2-6-12-20)33-21-13-7-3-8-14-21/h2-3,5-8,11-16,19,25H,4,9-10,17-18H2,1H3,(H,27,29). The van der Waals surface area contributed by atoms with Crippen molar-refractivity contribution in [1.82, 2.24) is 4.31 Å². The highest BCUT2D eigenvalue weighted by molar-refractivity contribution is 8.00. The Morgan fingerprint density at radius 2 is 1.59 bits per heavy atom. The summed E-state index contributed by atoms with van der Waals surface area (Å²) < 4.78 is 33.3. The second-order valence-electron chi connectivity index (χ2n) is 8.04. The van der Waals surface area contributed by atoms with Crippen molar-refractivity contribution in [3.63, 3.8) is 0 Å². The number of carbonyl (C=O) groups excluding carboxylic acids is 1. The molecule has 1 aliphatic rings. The first-order chi connectivity index (χ1) is 16.5. The molecule has 4 rings (SSSR count). The van der Waals surface area contributed by atoms with Gasteiger partial charge >= 0.3 is 0 Å². The summed E-state index contributed by atoms with van der Waals surface area (Å²) >= 11 is 1.44. The third kappa shape index (κ3) is 5.63. The van der Waals surface area contributed by atoms with E-state index in [1.54, 1.807) is 6.07 Å². The molecule has 34 heavy (non-hydrogen) atoms. The fraction of sp³-hybridized carbons (Fsp3) is 0.269. The van der Waals surface area contributed by atoms with Gasteiger partial charge in [-0.3, -0.25) is 4.79 Å². The summed E-state index contributed by atoms with van der Waals surface area (Å²) in [4.78, 5) is 14.6. The second kappa shape index (κ2) is 11.1. The monoisotopic (exact) mass is 496 g/mol. The van der Waals surface area contributed by atoms with Crippen molar-refractivity contribution >= 4 is 33.4 Å². The van der Waals surface area contributed by atoms with E-state index in [4.69, 9.17) is 4.74 Å². The third-order valence-corrected chi connectivity index (χ3v) is 8.88. The fourth-order valence-electron chi connectivity index (χ4n) is 3.93. The number of carbonyl (C=O) groups is 1. The van der Waals surface area contributed by atoms with Gasteiger partial charge in [-0.2, -0.15) is 4.31 Å². The van der Waals surface area contributed by atoms with E-state index in [1.165, 1.54) is 35.3 Å². The Hall–Kier alpha value is -2.81. The van der Waals surface area contributed by atoms with Gasteiger partial charge in [0.2, 0.25) is 15.9 Å². The Balaban J connectivity index is 1.63. The minimum absolute atomic E-state index is 0.150. The van der Waals surface area contributed by atoms with Crippen LogP contribution >= 0.6 is 11.8 Å². The van der Waals surface area contributed by atoms with Gasteiger partial charge in [0.25, 0.3) is 0 Å². The van der Waals surface area contributed by atoms with Crippen LogP contribution in [-0.4, -0.2) is 38.8 Å². The minimum Gasteiger partial charge on any atom is -0.495 e. The van der Waals surface area contributed by atoms with Gasteiger partial charge < -0.3 is 10.1 Å². The third-order valence-electron chi connectivity index (χ3n) is 5.72. The number of methoxy groups -OCH3 is 1. The Kier molecular flexibility index (Phi) is 7.92. The molecular weight excluding hydrogens is 468 g/mol. The lowest BCUT2D eigenvalue weighted by Crippen LogP contribution is -2.35. The van der Waals surface area contributed by atoms with E-state index >= 15 is 0 Å². The lowest BCUT2D eigenvalue weighted by atomic mass is 10.1. The van der Waals surface area contributed by atoms with E-state index in [-0.39, 0.29) is 10.8 Å². The van der Waals surface area contributed by atoms with Crippen molar-refractivity contribution in [3.05, 3.63) is 84.4 Å². The van der Waals surface area contributed by atoms with Crippen LogP contribution in [0.25, 0.3) is 0 Å². The molecule has 3 aromatic rings. The molecule has 0 aromatic heterocycles. The van der Waals surface area contributed by atoms with Crippen LogP contribution in [0.2, 0.25) is 0 Å². The molecule has 0 saturated carbocycles. The van der Waals surface area contributed by atoms with Crippen molar-refractivity contribution < 1.29 is 17.9 Å². The normalized spacial score (nSPS) is 15.4. The molecule has 8 heteroatoms. The highest BCUT2D eigenvalue weighted by atomic mass is 32.2. The molecule has 1 unspecified atom stereocenters. The Bertz CT molecular complexity index is 1210. The van der Waals surface area contributed by atoms with E-state index in [2.05, 4.69) is 5.32 Å². The van der Waals surface area contributed by atoms with E-state index < -0.39 is 15.3 Å². The number of nitrogens with one attached hydrogen (secondary N) is 1. The van der Waals surface area contributed by atoms with E-state index in [0.29, 0.717) is 24.5 Å². The zero-order valence-corrected chi connectivity index (χ0v) is 20.6. The van der Waals surface area contributed by atoms with Gasteiger partial charge in [-0.1, -0.05) is 55.0 Å². The average Bonchev–Trinajstić information content (AvgIpc) is 2.88. The number of nitrogens with zero attached hydrogens (tertiary/aromatic N) is 1. The van der Waals surface area contributed by atoms with Crippen LogP contribution in [0.15, 0.2) is 88.7 Å². The SMILES string of the molecule is COc1ccc(S(=O)(=O)N2CCCCC2)cc1NC(=O)C(Sc1ccccc1)c1ccccc1. The first-order valence-corrected chi connectivity index (χ1v) is 13.6. The molecule has 1 N–H and O–H groups in total. The predicted molar refractivity (Wildman–Crippen MR) is 136 cm³/mol. The molecule has 1 heterocycles. The van der Waals surface area contributed by atoms with Crippen LogP contribution in [0.4, 0.5) is 5.69 Å². The van der Waals surface area contributed by atoms with Gasteiger partial charge in [0.1, 0.15) is 11.0 Å². The smallest absolute Gasteiger partial charge is 0.243 e. The number of sulfonamides is 1. The van der Waals surface area contributed by atoms with Crippen molar-refractivity contribution in [1.29, 1.82) is 0 Å². The van der Waals surface area contributed by atoms with Crippen LogP contribution in [0.5, 0.6) is 5.75 Å². The van der Waals surface area contributed by atoms with Crippen molar-refractivity contribution in [2.75, 3.05) is 25.5 Å². The van der Waals surface area contributed by atoms with Crippen LogP contribution in [0.3, 0.4) is 0 Å². The number of hydrogen-bond acceptors (Lipinski definition) is 5. The zero-order chi connectivity index (χ0) is 24.0. The van der Waals surface area contributed by atoms with Gasteiger partial charge in [-0.15, -0.1) is 11.8 Å². The maximum Gasteiger partial charge on any atom is 0.243 e. The number of benzene rings is 3. The molecule has 1 amide bonds. The summed E-state index contributed by atoms with van der Waals surface area (Å²) in [5, 5.41) is 2.40. The summed E-state index contributed by atoms with van der Waals surface area (Å²) in [6.45, 7) is 1.03. The van der Waals surface area contributed by atoms with Crippen LogP contribution < -0.4 is 10.1 Å². The molecule has 0 aliphatic carbocycles. The van der Waals surface area contributed by atoms with Gasteiger partial charge in [0.05, 0.1) is 17.7 Å². The summed E-state index contributed by atoms with van der Waals surface area (Å²) in [7, 11) is -2.15. The molecule has 0 bridgehead atoms. The lowest BCUT2D eigenvalue weighted by Gasteiger charge is -2.26. The van der Waals surface area contributed by atoms with Crippen LogP contribution in [0.1, 0.15) is 30.1 Å². The quantitative estimate of drug-likeness (QED) is 0.426. The molecule has 6 nitrogen and oxygen atoms in total. The Morgan fingerprint density at radius 3 is 2.24 bits per heavy atom. The van der Waals surface area contributed by atoms with Crippen LogP contribution in [0, 0.1) is 0 Å². The largest absolute Gasteiger partial charge is 0.495 e. The van der Waals surface area contributed by atoms with Gasteiger partial charge in [-0.05, 0) is 48.7 Å². The molecule has 1 fully saturated rings. The van der Waals surface area contributed by atoms with Crippen molar-refractivity contribution in [2.45, 2.75) is 34.3 Å². The number of amides is 1. The van der Waals surface area contributed by atoms with Crippen molar-refractivity contribution in [3.8, 4) is 5.75 Å². The number of piperidine rings is 1. The second-order valence-corrected chi connectivity index (χ2v) is 11.2. The highest BCUT2D eigenvalue weighted by Gasteiger charge is 2.28. The van der Waals surface area contributed by atoms with Gasteiger partial charge in [0.15, 0.2) is 0 Å². The number of anilines is 1. The molecule has 1 atom stereocenters. The average molecular weight is 497 g/mol. The summed E-state index contributed by atoms with van der Waals surface area (Å²) in [5.74, 6) is 0.147. The van der Waals surface area contributed by atoms with Crippen molar-refractivity contribution in [2.24, 2.45) is 0 Å². The molecule has 0 spiro atoms. The van der Waals surface area contributed by atoms with Gasteiger partial charge in [0, 0.05) is 18.0 Å². The molecule has 1 saturated heterocycles. The topological polar surface area (TPSA) is 75.7 Å².